The van der Waals surface area contributed by atoms with Gasteiger partial charge in [0.1, 0.15) is 17.9 Å². The van der Waals surface area contributed by atoms with E-state index in [0.29, 0.717) is 18.1 Å². The fourth-order valence-corrected chi connectivity index (χ4v) is 2.29. The highest BCUT2D eigenvalue weighted by atomic mass is 16.5. The molecule has 1 aromatic heterocycles. The third-order valence-corrected chi connectivity index (χ3v) is 3.51. The molecule has 0 saturated heterocycles. The zero-order valence-electron chi connectivity index (χ0n) is 13.0. The maximum atomic E-state index is 11.0. The summed E-state index contributed by atoms with van der Waals surface area (Å²) < 4.78 is 5.14. The summed E-state index contributed by atoms with van der Waals surface area (Å²) >= 11 is 0. The van der Waals surface area contributed by atoms with Gasteiger partial charge < -0.3 is 9.84 Å². The second-order valence-electron chi connectivity index (χ2n) is 5.14. The molecule has 0 aliphatic heterocycles. The van der Waals surface area contributed by atoms with Crippen molar-refractivity contribution in [3.63, 3.8) is 0 Å². The number of ether oxygens (including phenoxy) is 1. The minimum absolute atomic E-state index is 0.247. The zero-order valence-corrected chi connectivity index (χ0v) is 13.0. The standard InChI is InChI=1S/C18H15N3O3/c1-24-15-7-5-13(6-8-15)17-20-11-19-16(21-17)10-12-3-2-4-14(9-12)18(22)23/h2-9,11H,10H2,1H3,(H,22,23). The number of aromatic nitrogens is 3. The Morgan fingerprint density at radius 3 is 2.62 bits per heavy atom. The molecule has 0 aliphatic carbocycles. The van der Waals surface area contributed by atoms with Gasteiger partial charge in [0.05, 0.1) is 12.7 Å². The van der Waals surface area contributed by atoms with E-state index < -0.39 is 5.97 Å². The van der Waals surface area contributed by atoms with E-state index in [2.05, 4.69) is 15.0 Å². The molecular formula is C18H15N3O3. The molecule has 6 heteroatoms. The van der Waals surface area contributed by atoms with Crippen LogP contribution in [0.2, 0.25) is 0 Å². The molecule has 0 aliphatic rings. The molecule has 0 unspecified atom stereocenters. The number of carbonyl (C=O) groups is 1. The monoisotopic (exact) mass is 321 g/mol. The van der Waals surface area contributed by atoms with Crippen LogP contribution in [0.3, 0.4) is 0 Å². The van der Waals surface area contributed by atoms with E-state index in [1.54, 1.807) is 25.3 Å². The predicted octanol–water partition coefficient (Wildman–Crippen LogP) is 2.84. The quantitative estimate of drug-likeness (QED) is 0.778. The Morgan fingerprint density at radius 2 is 1.92 bits per heavy atom. The van der Waals surface area contributed by atoms with E-state index in [0.717, 1.165) is 16.9 Å². The highest BCUT2D eigenvalue weighted by Gasteiger charge is 2.07. The van der Waals surface area contributed by atoms with E-state index in [9.17, 15) is 4.79 Å². The first-order chi connectivity index (χ1) is 11.7. The van der Waals surface area contributed by atoms with Gasteiger partial charge in [0, 0.05) is 12.0 Å². The highest BCUT2D eigenvalue weighted by molar-refractivity contribution is 5.87. The average Bonchev–Trinajstić information content (AvgIpc) is 2.62. The van der Waals surface area contributed by atoms with E-state index in [1.165, 1.54) is 6.33 Å². The summed E-state index contributed by atoms with van der Waals surface area (Å²) in [4.78, 5) is 23.9. The lowest BCUT2D eigenvalue weighted by Gasteiger charge is -2.05. The lowest BCUT2D eigenvalue weighted by molar-refractivity contribution is 0.0696. The fraction of sp³-hybridized carbons (Fsp3) is 0.111. The summed E-state index contributed by atoms with van der Waals surface area (Å²) in [6.07, 6.45) is 1.90. The van der Waals surface area contributed by atoms with E-state index in [-0.39, 0.29) is 5.56 Å². The van der Waals surface area contributed by atoms with Gasteiger partial charge in [-0.25, -0.2) is 19.7 Å². The first-order valence-corrected chi connectivity index (χ1v) is 7.30. The molecule has 0 spiro atoms. The van der Waals surface area contributed by atoms with Gasteiger partial charge in [0.25, 0.3) is 0 Å². The Morgan fingerprint density at radius 1 is 1.12 bits per heavy atom. The molecule has 0 amide bonds. The molecule has 3 aromatic rings. The van der Waals surface area contributed by atoms with Crippen LogP contribution in [0, 0.1) is 0 Å². The molecule has 2 aromatic carbocycles. The predicted molar refractivity (Wildman–Crippen MR) is 88.0 cm³/mol. The molecule has 1 N–H and O–H groups in total. The van der Waals surface area contributed by atoms with Gasteiger partial charge in [0.15, 0.2) is 5.82 Å². The molecule has 1 heterocycles. The topological polar surface area (TPSA) is 85.2 Å². The van der Waals surface area contributed by atoms with Crippen LogP contribution < -0.4 is 4.74 Å². The van der Waals surface area contributed by atoms with Crippen molar-refractivity contribution in [3.05, 3.63) is 71.8 Å². The summed E-state index contributed by atoms with van der Waals surface area (Å²) in [5.74, 6) is 0.959. The molecule has 24 heavy (non-hydrogen) atoms. The number of nitrogens with zero attached hydrogens (tertiary/aromatic N) is 3. The number of carboxylic acid groups (broad SMARTS) is 1. The van der Waals surface area contributed by atoms with Crippen molar-refractivity contribution < 1.29 is 14.6 Å². The summed E-state index contributed by atoms with van der Waals surface area (Å²) in [7, 11) is 1.61. The van der Waals surface area contributed by atoms with Crippen LogP contribution in [0.5, 0.6) is 5.75 Å². The van der Waals surface area contributed by atoms with Crippen LogP contribution in [-0.2, 0) is 6.42 Å². The molecule has 0 fully saturated rings. The average molecular weight is 321 g/mol. The van der Waals surface area contributed by atoms with E-state index >= 15 is 0 Å². The fourth-order valence-electron chi connectivity index (χ4n) is 2.29. The van der Waals surface area contributed by atoms with Crippen molar-refractivity contribution in [2.75, 3.05) is 7.11 Å². The van der Waals surface area contributed by atoms with Gasteiger partial charge in [-0.2, -0.15) is 0 Å². The number of rotatable bonds is 5. The Hall–Kier alpha value is -3.28. The minimum Gasteiger partial charge on any atom is -0.497 e. The number of methoxy groups -OCH3 is 1. The molecule has 120 valence electrons. The van der Waals surface area contributed by atoms with Gasteiger partial charge in [-0.05, 0) is 42.0 Å². The number of benzene rings is 2. The second kappa shape index (κ2) is 6.87. The summed E-state index contributed by atoms with van der Waals surface area (Å²) in [5, 5.41) is 9.06. The number of hydrogen-bond acceptors (Lipinski definition) is 5. The Balaban J connectivity index is 1.85. The lowest BCUT2D eigenvalue weighted by atomic mass is 10.1. The molecule has 0 bridgehead atoms. The van der Waals surface area contributed by atoms with Gasteiger partial charge in [-0.3, -0.25) is 0 Å². The van der Waals surface area contributed by atoms with Crippen LogP contribution >= 0.6 is 0 Å². The first kappa shape index (κ1) is 15.6. The minimum atomic E-state index is -0.952. The van der Waals surface area contributed by atoms with Crippen LogP contribution in [0.15, 0.2) is 54.9 Å². The lowest BCUT2D eigenvalue weighted by Crippen LogP contribution is -2.02. The number of hydrogen-bond donors (Lipinski definition) is 1. The Bertz CT molecular complexity index is 863. The first-order valence-electron chi connectivity index (χ1n) is 7.30. The number of carboxylic acids is 1. The Kier molecular flexibility index (Phi) is 4.47. The number of aromatic carboxylic acids is 1. The zero-order chi connectivity index (χ0) is 16.9. The smallest absolute Gasteiger partial charge is 0.335 e. The van der Waals surface area contributed by atoms with Crippen LogP contribution in [0.25, 0.3) is 11.4 Å². The van der Waals surface area contributed by atoms with Crippen molar-refractivity contribution in [1.29, 1.82) is 0 Å². The van der Waals surface area contributed by atoms with E-state index in [1.807, 2.05) is 30.3 Å². The van der Waals surface area contributed by atoms with Gasteiger partial charge in [0.2, 0.25) is 0 Å². The van der Waals surface area contributed by atoms with Gasteiger partial charge in [-0.15, -0.1) is 0 Å². The van der Waals surface area contributed by atoms with Crippen molar-refractivity contribution in [2.24, 2.45) is 0 Å². The SMILES string of the molecule is COc1ccc(-c2ncnc(Cc3cccc(C(=O)O)c3)n2)cc1. The maximum Gasteiger partial charge on any atom is 0.335 e. The van der Waals surface area contributed by atoms with Crippen LogP contribution in [-0.4, -0.2) is 33.1 Å². The molecule has 0 saturated carbocycles. The van der Waals surface area contributed by atoms with Crippen LogP contribution in [0.4, 0.5) is 0 Å². The van der Waals surface area contributed by atoms with Crippen molar-refractivity contribution in [2.45, 2.75) is 6.42 Å². The van der Waals surface area contributed by atoms with Crippen LogP contribution in [0.1, 0.15) is 21.7 Å². The van der Waals surface area contributed by atoms with Gasteiger partial charge in [-0.1, -0.05) is 12.1 Å². The third-order valence-electron chi connectivity index (χ3n) is 3.51. The van der Waals surface area contributed by atoms with Crippen molar-refractivity contribution in [3.8, 4) is 17.1 Å². The van der Waals surface area contributed by atoms with Gasteiger partial charge >= 0.3 is 5.97 Å². The summed E-state index contributed by atoms with van der Waals surface area (Å²) in [6.45, 7) is 0. The van der Waals surface area contributed by atoms with E-state index in [4.69, 9.17) is 9.84 Å². The Labute approximate surface area is 138 Å². The third kappa shape index (κ3) is 3.55. The molecule has 0 radical (unpaired) electrons. The van der Waals surface area contributed by atoms with Crippen molar-refractivity contribution in [1.82, 2.24) is 15.0 Å². The summed E-state index contributed by atoms with van der Waals surface area (Å²) in [5.41, 5.74) is 1.94. The van der Waals surface area contributed by atoms with Crippen molar-refractivity contribution >= 4 is 5.97 Å². The summed E-state index contributed by atoms with van der Waals surface area (Å²) in [6, 6.07) is 14.2. The molecular weight excluding hydrogens is 306 g/mol. The second-order valence-corrected chi connectivity index (χ2v) is 5.14. The molecule has 3 rings (SSSR count). The molecule has 6 nitrogen and oxygen atoms in total. The highest BCUT2D eigenvalue weighted by Crippen LogP contribution is 2.19. The largest absolute Gasteiger partial charge is 0.497 e. The molecule has 0 atom stereocenters. The maximum absolute atomic E-state index is 11.0. The normalized spacial score (nSPS) is 10.4.